The Kier molecular flexibility index (Phi) is 5.92. The number of rotatable bonds is 5. The van der Waals surface area contributed by atoms with E-state index in [-0.39, 0.29) is 17.4 Å². The van der Waals surface area contributed by atoms with Crippen molar-refractivity contribution in [3.05, 3.63) is 15.9 Å². The third kappa shape index (κ3) is 3.57. The highest BCUT2D eigenvalue weighted by molar-refractivity contribution is 5.85. The first kappa shape index (κ1) is 19.1. The van der Waals surface area contributed by atoms with Crippen molar-refractivity contribution < 1.29 is 35.1 Å². The van der Waals surface area contributed by atoms with E-state index < -0.39 is 42.8 Å². The molecule has 6 N–H and O–H groups in total. The minimum Gasteiger partial charge on any atom is -0.468 e. The van der Waals surface area contributed by atoms with E-state index in [1.165, 1.54) is 14.2 Å². The lowest BCUT2D eigenvalue weighted by molar-refractivity contribution is -0.221. The van der Waals surface area contributed by atoms with Crippen LogP contribution in [0.15, 0.2) is 9.95 Å². The number of aliphatic hydroxyl groups is 4. The van der Waals surface area contributed by atoms with Crippen molar-refractivity contribution in [2.75, 3.05) is 19.0 Å². The van der Waals surface area contributed by atoms with Crippen LogP contribution in [0.3, 0.4) is 0 Å². The van der Waals surface area contributed by atoms with Gasteiger partial charge in [-0.05, 0) is 0 Å². The molecule has 0 unspecified atom stereocenters. The molecule has 1 aromatic heterocycles. The van der Waals surface area contributed by atoms with E-state index in [2.05, 4.69) is 15.5 Å². The van der Waals surface area contributed by atoms with Crippen LogP contribution in [0, 0.1) is 0 Å². The van der Waals surface area contributed by atoms with Gasteiger partial charge >= 0.3 is 6.01 Å². The van der Waals surface area contributed by atoms with Crippen molar-refractivity contribution in [2.24, 2.45) is 12.2 Å². The number of oxime groups is 1. The fourth-order valence-corrected chi connectivity index (χ4v) is 2.42. The Balaban J connectivity index is 2.41. The zero-order valence-electron chi connectivity index (χ0n) is 13.5. The first-order chi connectivity index (χ1) is 11.8. The molecule has 0 bridgehead atoms. The van der Waals surface area contributed by atoms with E-state index in [1.807, 2.05) is 0 Å². The topological polar surface area (TPSA) is 179 Å². The molecule has 1 aliphatic rings. The number of aliphatic hydroxyl groups excluding tert-OH is 4. The number of hydrogen-bond donors (Lipinski definition) is 6. The third-order valence-electron chi connectivity index (χ3n) is 3.83. The maximum Gasteiger partial charge on any atom is 0.300 e. The highest BCUT2D eigenvalue weighted by atomic mass is 16.6. The number of aromatic nitrogens is 2. The van der Waals surface area contributed by atoms with Crippen LogP contribution in [-0.2, 0) is 11.8 Å². The van der Waals surface area contributed by atoms with Crippen LogP contribution < -0.4 is 15.6 Å². The Morgan fingerprint density at radius 3 is 2.60 bits per heavy atom. The zero-order valence-corrected chi connectivity index (χ0v) is 13.5. The monoisotopic (exact) mass is 360 g/mol. The van der Waals surface area contributed by atoms with Crippen molar-refractivity contribution in [3.63, 3.8) is 0 Å². The van der Waals surface area contributed by atoms with Crippen LogP contribution in [0.4, 0.5) is 5.82 Å². The van der Waals surface area contributed by atoms with Crippen LogP contribution in [0.2, 0.25) is 0 Å². The van der Waals surface area contributed by atoms with Crippen LogP contribution in [0.5, 0.6) is 6.01 Å². The Labute approximate surface area is 141 Å². The SMILES string of the molecule is COc1nc(N[C@H]2O[C@@H](CO)[C@@H](O)[C@@H](O)[C@H]2O)c(/C=N\O)c(=O)n1C. The summed E-state index contributed by atoms with van der Waals surface area (Å²) in [5.41, 5.74) is -0.778. The van der Waals surface area contributed by atoms with Gasteiger partial charge in [-0.15, -0.1) is 0 Å². The fourth-order valence-electron chi connectivity index (χ4n) is 2.42. The van der Waals surface area contributed by atoms with Crippen molar-refractivity contribution >= 4 is 12.0 Å². The van der Waals surface area contributed by atoms with Gasteiger partial charge in [0.15, 0.2) is 6.23 Å². The van der Waals surface area contributed by atoms with E-state index in [0.717, 1.165) is 10.8 Å². The quantitative estimate of drug-likeness (QED) is 0.178. The minimum atomic E-state index is -1.60. The molecule has 1 saturated heterocycles. The lowest BCUT2D eigenvalue weighted by atomic mass is 9.98. The highest BCUT2D eigenvalue weighted by Crippen LogP contribution is 2.23. The summed E-state index contributed by atoms with van der Waals surface area (Å²) >= 11 is 0. The lowest BCUT2D eigenvalue weighted by Crippen LogP contribution is -2.60. The van der Waals surface area contributed by atoms with E-state index >= 15 is 0 Å². The molecule has 2 rings (SSSR count). The van der Waals surface area contributed by atoms with Crippen molar-refractivity contribution in [3.8, 4) is 6.01 Å². The summed E-state index contributed by atoms with van der Waals surface area (Å²) in [4.78, 5) is 16.3. The maximum absolute atomic E-state index is 12.3. The summed E-state index contributed by atoms with van der Waals surface area (Å²) in [5.74, 6) is -0.151. The summed E-state index contributed by atoms with van der Waals surface area (Å²) in [6.07, 6.45) is -6.34. The number of methoxy groups -OCH3 is 1. The van der Waals surface area contributed by atoms with Crippen molar-refractivity contribution in [2.45, 2.75) is 30.6 Å². The molecule has 0 radical (unpaired) electrons. The summed E-state index contributed by atoms with van der Waals surface area (Å²) in [6.45, 7) is -0.610. The molecule has 0 aliphatic carbocycles. The molecule has 140 valence electrons. The molecular formula is C13H20N4O8. The molecule has 12 nitrogen and oxygen atoms in total. The first-order valence-electron chi connectivity index (χ1n) is 7.25. The van der Waals surface area contributed by atoms with Gasteiger partial charge in [0.2, 0.25) is 0 Å². The van der Waals surface area contributed by atoms with E-state index in [0.29, 0.717) is 0 Å². The van der Waals surface area contributed by atoms with Gasteiger partial charge in [-0.3, -0.25) is 9.36 Å². The molecule has 1 aliphatic heterocycles. The minimum absolute atomic E-state index is 0.0767. The Bertz CT molecular complexity index is 691. The van der Waals surface area contributed by atoms with E-state index in [4.69, 9.17) is 14.7 Å². The van der Waals surface area contributed by atoms with Gasteiger partial charge in [0, 0.05) is 7.05 Å². The van der Waals surface area contributed by atoms with Crippen molar-refractivity contribution in [1.82, 2.24) is 9.55 Å². The third-order valence-corrected chi connectivity index (χ3v) is 3.83. The number of nitrogens with one attached hydrogen (secondary N) is 1. The molecule has 0 saturated carbocycles. The van der Waals surface area contributed by atoms with Gasteiger partial charge < -0.3 is 40.4 Å². The molecule has 1 aromatic rings. The molecule has 5 atom stereocenters. The molecule has 0 aromatic carbocycles. The Morgan fingerprint density at radius 1 is 1.36 bits per heavy atom. The van der Waals surface area contributed by atoms with Gasteiger partial charge in [0.25, 0.3) is 5.56 Å². The van der Waals surface area contributed by atoms with E-state index in [9.17, 15) is 25.2 Å². The summed E-state index contributed by atoms with van der Waals surface area (Å²) in [7, 11) is 2.68. The largest absolute Gasteiger partial charge is 0.468 e. The molecular weight excluding hydrogens is 340 g/mol. The van der Waals surface area contributed by atoms with Crippen LogP contribution in [0.25, 0.3) is 0 Å². The van der Waals surface area contributed by atoms with Gasteiger partial charge in [-0.2, -0.15) is 4.98 Å². The lowest BCUT2D eigenvalue weighted by Gasteiger charge is -2.40. The highest BCUT2D eigenvalue weighted by Gasteiger charge is 2.43. The number of nitrogens with zero attached hydrogens (tertiary/aromatic N) is 3. The van der Waals surface area contributed by atoms with Gasteiger partial charge in [0.05, 0.1) is 19.9 Å². The molecule has 1 fully saturated rings. The number of hydrogen-bond acceptors (Lipinski definition) is 11. The average Bonchev–Trinajstić information content (AvgIpc) is 2.61. The van der Waals surface area contributed by atoms with Crippen LogP contribution in [-0.4, -0.2) is 85.8 Å². The first-order valence-corrected chi connectivity index (χ1v) is 7.25. The molecule has 0 spiro atoms. The summed E-state index contributed by atoms with van der Waals surface area (Å²) < 4.78 is 11.3. The predicted molar refractivity (Wildman–Crippen MR) is 82.8 cm³/mol. The number of ether oxygens (including phenoxy) is 2. The summed E-state index contributed by atoms with van der Waals surface area (Å²) in [6, 6.07) is -0.0767. The molecule has 0 amide bonds. The van der Waals surface area contributed by atoms with Crippen LogP contribution >= 0.6 is 0 Å². The van der Waals surface area contributed by atoms with Gasteiger partial charge in [0.1, 0.15) is 35.8 Å². The normalized spacial score (nSPS) is 29.8. The maximum atomic E-state index is 12.3. The van der Waals surface area contributed by atoms with Gasteiger partial charge in [-0.25, -0.2) is 0 Å². The second-order valence-electron chi connectivity index (χ2n) is 5.36. The van der Waals surface area contributed by atoms with Gasteiger partial charge in [-0.1, -0.05) is 5.16 Å². The number of anilines is 1. The average molecular weight is 360 g/mol. The standard InChI is InChI=1S/C13H20N4O8/c1-17-12(22)5(3-14-23)10(16-13(17)24-2)15-11-9(21)8(20)7(19)6(4-18)25-11/h3,6-9,11,15,18-21,23H,4H2,1-2H3/b14-3-/t6-,7+,8+,9+,11-/m0/s1. The Hall–Kier alpha value is -2.25. The summed E-state index contributed by atoms with van der Waals surface area (Å²) in [5, 5.41) is 53.0. The molecule has 2 heterocycles. The molecule has 12 heteroatoms. The second-order valence-corrected chi connectivity index (χ2v) is 5.36. The predicted octanol–water partition coefficient (Wildman–Crippen LogP) is -3.19. The van der Waals surface area contributed by atoms with Crippen molar-refractivity contribution in [1.29, 1.82) is 0 Å². The smallest absolute Gasteiger partial charge is 0.300 e. The second kappa shape index (κ2) is 7.76. The van der Waals surface area contributed by atoms with Crippen LogP contribution in [0.1, 0.15) is 5.56 Å². The molecule has 25 heavy (non-hydrogen) atoms. The fraction of sp³-hybridized carbons (Fsp3) is 0.615. The zero-order chi connectivity index (χ0) is 18.7. The van der Waals surface area contributed by atoms with E-state index in [1.54, 1.807) is 0 Å². The Morgan fingerprint density at radius 2 is 2.04 bits per heavy atom.